The van der Waals surface area contributed by atoms with Crippen molar-refractivity contribution in [3.63, 3.8) is 0 Å². The fraction of sp³-hybridized carbons (Fsp3) is 0.500. The van der Waals surface area contributed by atoms with E-state index in [1.807, 2.05) is 0 Å². The number of rotatable bonds is 3. The minimum Gasteiger partial charge on any atom is -0.375 e. The van der Waals surface area contributed by atoms with Gasteiger partial charge in [0, 0.05) is 26.2 Å². The molecule has 0 spiro atoms. The van der Waals surface area contributed by atoms with Gasteiger partial charge in [0.25, 0.3) is 0 Å². The van der Waals surface area contributed by atoms with E-state index in [0.29, 0.717) is 0 Å². The first-order valence-electron chi connectivity index (χ1n) is 4.51. The van der Waals surface area contributed by atoms with Crippen molar-refractivity contribution in [3.8, 4) is 0 Å². The maximum absolute atomic E-state index is 3.73. The highest BCUT2D eigenvalue weighted by molar-refractivity contribution is 5.02. The Morgan fingerprint density at radius 1 is 1.25 bits per heavy atom. The van der Waals surface area contributed by atoms with Crippen LogP contribution >= 0.6 is 0 Å². The summed E-state index contributed by atoms with van der Waals surface area (Å²) in [4.78, 5) is 2.32. The fourth-order valence-corrected chi connectivity index (χ4v) is 1.18. The Bertz CT molecular complexity index is 155. The molecule has 1 radical (unpaired) electrons. The van der Waals surface area contributed by atoms with E-state index in [9.17, 15) is 0 Å². The van der Waals surface area contributed by atoms with Crippen LogP contribution < -0.4 is 5.32 Å². The molecule has 0 saturated carbocycles. The molecule has 0 aromatic heterocycles. The van der Waals surface area contributed by atoms with Gasteiger partial charge in [0.05, 0.1) is 0 Å². The van der Waals surface area contributed by atoms with Crippen LogP contribution in [0.25, 0.3) is 0 Å². The van der Waals surface area contributed by atoms with Crippen LogP contribution in [0.4, 0.5) is 0 Å². The van der Waals surface area contributed by atoms with Gasteiger partial charge in [0.1, 0.15) is 0 Å². The number of hydrogen-bond donors (Lipinski definition) is 1. The summed E-state index contributed by atoms with van der Waals surface area (Å²) in [5, 5.41) is 3.31. The smallest absolute Gasteiger partial charge is 0.0298 e. The molecule has 0 unspecified atom stereocenters. The highest BCUT2D eigenvalue weighted by Crippen LogP contribution is 1.93. The summed E-state index contributed by atoms with van der Waals surface area (Å²) < 4.78 is 0. The molecule has 0 aromatic rings. The molecule has 1 aliphatic rings. The van der Waals surface area contributed by atoms with Crippen LogP contribution in [0.15, 0.2) is 24.4 Å². The predicted molar refractivity (Wildman–Crippen MR) is 52.7 cm³/mol. The highest BCUT2D eigenvalue weighted by Gasteiger charge is 2.02. The minimum atomic E-state index is 0.867. The molecule has 1 heterocycles. The normalized spacial score (nSPS) is 19.6. The van der Waals surface area contributed by atoms with Gasteiger partial charge in [-0.1, -0.05) is 12.2 Å². The zero-order chi connectivity index (χ0) is 8.65. The summed E-state index contributed by atoms with van der Waals surface area (Å²) in [5.74, 6) is 0. The second kappa shape index (κ2) is 5.84. The van der Waals surface area contributed by atoms with Crippen molar-refractivity contribution in [1.29, 1.82) is 0 Å². The third-order valence-electron chi connectivity index (χ3n) is 1.86. The number of hydrogen-bond acceptors (Lipinski definition) is 2. The topological polar surface area (TPSA) is 15.3 Å². The molecule has 1 aliphatic heterocycles. The van der Waals surface area contributed by atoms with Crippen LogP contribution in [0, 0.1) is 6.92 Å². The van der Waals surface area contributed by atoms with Gasteiger partial charge < -0.3 is 10.2 Å². The van der Waals surface area contributed by atoms with Crippen molar-refractivity contribution in [3.05, 3.63) is 31.4 Å². The van der Waals surface area contributed by atoms with E-state index < -0.39 is 0 Å². The number of piperazine rings is 1. The molecule has 2 nitrogen and oxygen atoms in total. The molecule has 0 aliphatic carbocycles. The molecule has 67 valence electrons. The lowest BCUT2D eigenvalue weighted by Gasteiger charge is -2.25. The molecule has 0 atom stereocenters. The average molecular weight is 165 g/mol. The molecule has 1 rings (SSSR count). The van der Waals surface area contributed by atoms with Gasteiger partial charge in [-0.3, -0.25) is 0 Å². The lowest BCUT2D eigenvalue weighted by molar-refractivity contribution is 0.324. The Balaban J connectivity index is 2.19. The molecule has 0 amide bonds. The van der Waals surface area contributed by atoms with Crippen molar-refractivity contribution >= 4 is 0 Å². The van der Waals surface area contributed by atoms with Crippen LogP contribution in [0.3, 0.4) is 0 Å². The first kappa shape index (κ1) is 9.33. The molecular formula is C10H17N2. The maximum Gasteiger partial charge on any atom is 0.0298 e. The van der Waals surface area contributed by atoms with E-state index in [2.05, 4.69) is 41.6 Å². The molecule has 2 heteroatoms. The highest BCUT2D eigenvalue weighted by atomic mass is 15.2. The van der Waals surface area contributed by atoms with Crippen LogP contribution in [-0.4, -0.2) is 31.1 Å². The zero-order valence-electron chi connectivity index (χ0n) is 7.50. The summed E-state index contributed by atoms with van der Waals surface area (Å²) in [6.45, 7) is 8.17. The van der Waals surface area contributed by atoms with Crippen LogP contribution in [0.2, 0.25) is 0 Å². The summed E-state index contributed by atoms with van der Waals surface area (Å²) in [7, 11) is 0. The van der Waals surface area contributed by atoms with E-state index in [-0.39, 0.29) is 0 Å². The standard InChI is InChI=1S/C10H17N2/c1-2-3-4-5-8-12-9-6-11-7-10-12/h3-5,8,11H,1-2,6-7,9-10H2. The van der Waals surface area contributed by atoms with Gasteiger partial charge in [-0.25, -0.2) is 0 Å². The Morgan fingerprint density at radius 3 is 2.67 bits per heavy atom. The Labute approximate surface area is 74.9 Å². The Hall–Kier alpha value is -0.760. The Kier molecular flexibility index (Phi) is 4.54. The summed E-state index contributed by atoms with van der Waals surface area (Å²) in [6, 6.07) is 0. The van der Waals surface area contributed by atoms with Crippen molar-refractivity contribution in [1.82, 2.24) is 10.2 Å². The molecule has 1 saturated heterocycles. The van der Waals surface area contributed by atoms with Crippen molar-refractivity contribution in [2.75, 3.05) is 26.2 Å². The quantitative estimate of drug-likeness (QED) is 0.632. The van der Waals surface area contributed by atoms with Crippen LogP contribution in [-0.2, 0) is 0 Å². The maximum atomic E-state index is 3.73. The van der Waals surface area contributed by atoms with Crippen molar-refractivity contribution in [2.24, 2.45) is 0 Å². The summed E-state index contributed by atoms with van der Waals surface area (Å²) in [5.41, 5.74) is 0. The predicted octanol–water partition coefficient (Wildman–Crippen LogP) is 1.19. The molecular weight excluding hydrogens is 148 g/mol. The monoisotopic (exact) mass is 165 g/mol. The summed E-state index contributed by atoms with van der Waals surface area (Å²) >= 11 is 0. The van der Waals surface area contributed by atoms with Crippen molar-refractivity contribution < 1.29 is 0 Å². The van der Waals surface area contributed by atoms with Gasteiger partial charge >= 0.3 is 0 Å². The lowest BCUT2D eigenvalue weighted by atomic mass is 10.3. The first-order chi connectivity index (χ1) is 5.93. The third-order valence-corrected chi connectivity index (χ3v) is 1.86. The van der Waals surface area contributed by atoms with E-state index in [1.54, 1.807) is 0 Å². The second-order valence-corrected chi connectivity index (χ2v) is 2.84. The fourth-order valence-electron chi connectivity index (χ4n) is 1.18. The lowest BCUT2D eigenvalue weighted by Crippen LogP contribution is -2.40. The average Bonchev–Trinajstić information content (AvgIpc) is 2.14. The summed E-state index contributed by atoms with van der Waals surface area (Å²) in [6.07, 6.45) is 9.20. The zero-order valence-corrected chi connectivity index (χ0v) is 7.50. The number of nitrogens with one attached hydrogen (secondary N) is 1. The van der Waals surface area contributed by atoms with Crippen molar-refractivity contribution in [2.45, 2.75) is 6.42 Å². The molecule has 1 fully saturated rings. The first-order valence-corrected chi connectivity index (χ1v) is 4.51. The third kappa shape index (κ3) is 3.58. The Morgan fingerprint density at radius 2 is 2.00 bits per heavy atom. The second-order valence-electron chi connectivity index (χ2n) is 2.84. The SMILES string of the molecule is [CH2]CC=CC=CN1CCNCC1. The van der Waals surface area contributed by atoms with E-state index >= 15 is 0 Å². The van der Waals surface area contributed by atoms with Gasteiger partial charge in [-0.05, 0) is 25.6 Å². The van der Waals surface area contributed by atoms with Gasteiger partial charge in [0.2, 0.25) is 0 Å². The van der Waals surface area contributed by atoms with Crippen LogP contribution in [0.1, 0.15) is 6.42 Å². The molecule has 0 bridgehead atoms. The molecule has 0 aromatic carbocycles. The number of allylic oxidation sites excluding steroid dienone is 3. The van der Waals surface area contributed by atoms with Gasteiger partial charge in [-0.2, -0.15) is 0 Å². The molecule has 1 N–H and O–H groups in total. The van der Waals surface area contributed by atoms with E-state index in [1.165, 1.54) is 0 Å². The van der Waals surface area contributed by atoms with Gasteiger partial charge in [-0.15, -0.1) is 0 Å². The largest absolute Gasteiger partial charge is 0.375 e. The van der Waals surface area contributed by atoms with Gasteiger partial charge in [0.15, 0.2) is 0 Å². The number of nitrogens with zero attached hydrogens (tertiary/aromatic N) is 1. The minimum absolute atomic E-state index is 0.867. The van der Waals surface area contributed by atoms with E-state index in [4.69, 9.17) is 0 Å². The van der Waals surface area contributed by atoms with E-state index in [0.717, 1.165) is 32.6 Å². The molecule has 12 heavy (non-hydrogen) atoms. The van der Waals surface area contributed by atoms with Crippen LogP contribution in [0.5, 0.6) is 0 Å².